The summed E-state index contributed by atoms with van der Waals surface area (Å²) in [7, 11) is 0. The van der Waals surface area contributed by atoms with E-state index in [1.165, 1.54) is 6.07 Å². The quantitative estimate of drug-likeness (QED) is 0.703. The van der Waals surface area contributed by atoms with E-state index < -0.39 is 23.1 Å². The Bertz CT molecular complexity index is 856. The highest BCUT2D eigenvalue weighted by Gasteiger charge is 2.19. The van der Waals surface area contributed by atoms with Gasteiger partial charge in [-0.15, -0.1) is 0 Å². The average Bonchev–Trinajstić information content (AvgIpc) is 2.62. The van der Waals surface area contributed by atoms with E-state index >= 15 is 0 Å². The first-order valence-corrected chi connectivity index (χ1v) is 7.96. The summed E-state index contributed by atoms with van der Waals surface area (Å²) >= 11 is 0. The fraction of sp³-hybridized carbons (Fsp3) is 0.0952. The zero-order valence-corrected chi connectivity index (χ0v) is 13.7. The van der Waals surface area contributed by atoms with Crippen molar-refractivity contribution in [3.8, 4) is 11.1 Å². The van der Waals surface area contributed by atoms with Gasteiger partial charge in [-0.25, -0.2) is 8.78 Å². The van der Waals surface area contributed by atoms with Gasteiger partial charge >= 0.3 is 0 Å². The Balaban J connectivity index is 1.75. The van der Waals surface area contributed by atoms with Crippen molar-refractivity contribution in [2.45, 2.75) is 13.0 Å². The maximum atomic E-state index is 13.7. The monoisotopic (exact) mass is 337 g/mol. The highest BCUT2D eigenvalue weighted by Crippen LogP contribution is 2.22. The maximum Gasteiger partial charge on any atom is 0.257 e. The molecule has 0 saturated heterocycles. The van der Waals surface area contributed by atoms with E-state index in [4.69, 9.17) is 0 Å². The second kappa shape index (κ2) is 7.26. The molecule has 1 amide bonds. The molecule has 1 atom stereocenters. The molecule has 0 saturated carbocycles. The number of carbonyl (C=O) groups excluding carboxylic acids is 1. The van der Waals surface area contributed by atoms with Crippen LogP contribution in [0.25, 0.3) is 11.1 Å². The van der Waals surface area contributed by atoms with E-state index in [9.17, 15) is 13.6 Å². The molecule has 0 aromatic heterocycles. The average molecular weight is 337 g/mol. The number of carbonyl (C=O) groups is 1. The Morgan fingerprint density at radius 3 is 1.96 bits per heavy atom. The van der Waals surface area contributed by atoms with Gasteiger partial charge < -0.3 is 5.32 Å². The highest BCUT2D eigenvalue weighted by molar-refractivity contribution is 5.95. The SMILES string of the molecule is CC(NC(=O)c1c(F)cccc1F)c1ccc(-c2ccccc2)cc1. The van der Waals surface area contributed by atoms with Crippen molar-refractivity contribution in [1.82, 2.24) is 5.32 Å². The predicted octanol–water partition coefficient (Wildman–Crippen LogP) is 5.12. The number of amides is 1. The summed E-state index contributed by atoms with van der Waals surface area (Å²) in [4.78, 5) is 12.2. The molecule has 25 heavy (non-hydrogen) atoms. The number of hydrogen-bond acceptors (Lipinski definition) is 1. The molecule has 0 fully saturated rings. The van der Waals surface area contributed by atoms with E-state index in [2.05, 4.69) is 5.32 Å². The third kappa shape index (κ3) is 3.74. The number of nitrogens with one attached hydrogen (secondary N) is 1. The Kier molecular flexibility index (Phi) is 4.89. The fourth-order valence-electron chi connectivity index (χ4n) is 2.66. The molecular formula is C21H17F2NO. The first-order valence-electron chi connectivity index (χ1n) is 7.96. The molecule has 1 N–H and O–H groups in total. The van der Waals surface area contributed by atoms with E-state index in [1.54, 1.807) is 6.92 Å². The van der Waals surface area contributed by atoms with Crippen molar-refractivity contribution in [3.63, 3.8) is 0 Å². The second-order valence-corrected chi connectivity index (χ2v) is 5.78. The lowest BCUT2D eigenvalue weighted by molar-refractivity contribution is 0.0931. The summed E-state index contributed by atoms with van der Waals surface area (Å²) in [5, 5.41) is 2.63. The molecule has 4 heteroatoms. The number of halogens is 2. The Morgan fingerprint density at radius 2 is 1.36 bits per heavy atom. The lowest BCUT2D eigenvalue weighted by Crippen LogP contribution is -2.28. The topological polar surface area (TPSA) is 29.1 Å². The molecule has 126 valence electrons. The Labute approximate surface area is 145 Å². The van der Waals surface area contributed by atoms with Gasteiger partial charge in [-0.05, 0) is 35.7 Å². The lowest BCUT2D eigenvalue weighted by Gasteiger charge is -2.15. The number of hydrogen-bond donors (Lipinski definition) is 1. The minimum absolute atomic E-state index is 0.378. The van der Waals surface area contributed by atoms with Crippen LogP contribution in [0.3, 0.4) is 0 Å². The zero-order valence-electron chi connectivity index (χ0n) is 13.7. The van der Waals surface area contributed by atoms with Gasteiger partial charge in [0.25, 0.3) is 5.91 Å². The van der Waals surface area contributed by atoms with Crippen molar-refractivity contribution >= 4 is 5.91 Å². The summed E-state index contributed by atoms with van der Waals surface area (Å²) in [6.45, 7) is 1.77. The maximum absolute atomic E-state index is 13.7. The third-order valence-corrected chi connectivity index (χ3v) is 4.06. The summed E-state index contributed by atoms with van der Waals surface area (Å²) in [5.41, 5.74) is 2.45. The summed E-state index contributed by atoms with van der Waals surface area (Å²) in [5.74, 6) is -2.51. The molecule has 0 bridgehead atoms. The fourth-order valence-corrected chi connectivity index (χ4v) is 2.66. The minimum atomic E-state index is -0.871. The zero-order chi connectivity index (χ0) is 17.8. The van der Waals surface area contributed by atoms with Gasteiger partial charge in [-0.2, -0.15) is 0 Å². The van der Waals surface area contributed by atoms with Gasteiger partial charge in [0.15, 0.2) is 0 Å². The molecule has 0 heterocycles. The molecule has 0 aliphatic carbocycles. The Morgan fingerprint density at radius 1 is 0.800 bits per heavy atom. The van der Waals surface area contributed by atoms with Crippen LogP contribution in [0, 0.1) is 11.6 Å². The van der Waals surface area contributed by atoms with Gasteiger partial charge in [0.2, 0.25) is 0 Å². The second-order valence-electron chi connectivity index (χ2n) is 5.78. The molecule has 0 aliphatic heterocycles. The molecule has 3 aromatic rings. The van der Waals surface area contributed by atoms with E-state index in [1.807, 2.05) is 54.6 Å². The molecular weight excluding hydrogens is 320 g/mol. The molecule has 1 unspecified atom stereocenters. The van der Waals surface area contributed by atoms with E-state index in [-0.39, 0.29) is 6.04 Å². The van der Waals surface area contributed by atoms with Gasteiger partial charge in [-0.3, -0.25) is 4.79 Å². The summed E-state index contributed by atoms with van der Waals surface area (Å²) in [6.07, 6.45) is 0. The number of rotatable bonds is 4. The van der Waals surface area contributed by atoms with Crippen LogP contribution >= 0.6 is 0 Å². The van der Waals surface area contributed by atoms with Gasteiger partial charge in [0.1, 0.15) is 17.2 Å². The molecule has 0 spiro atoms. The van der Waals surface area contributed by atoms with Crippen LogP contribution in [-0.2, 0) is 0 Å². The molecule has 2 nitrogen and oxygen atoms in total. The normalized spacial score (nSPS) is 11.8. The minimum Gasteiger partial charge on any atom is -0.345 e. The van der Waals surface area contributed by atoms with Crippen molar-refractivity contribution in [2.24, 2.45) is 0 Å². The number of benzene rings is 3. The van der Waals surface area contributed by atoms with Crippen molar-refractivity contribution in [1.29, 1.82) is 0 Å². The van der Waals surface area contributed by atoms with Gasteiger partial charge in [0, 0.05) is 0 Å². The molecule has 3 aromatic carbocycles. The van der Waals surface area contributed by atoms with Crippen LogP contribution in [0.2, 0.25) is 0 Å². The lowest BCUT2D eigenvalue weighted by atomic mass is 10.0. The van der Waals surface area contributed by atoms with E-state index in [0.717, 1.165) is 28.8 Å². The van der Waals surface area contributed by atoms with E-state index in [0.29, 0.717) is 0 Å². The van der Waals surface area contributed by atoms with Crippen molar-refractivity contribution < 1.29 is 13.6 Å². The Hall–Kier alpha value is -3.01. The van der Waals surface area contributed by atoms with Gasteiger partial charge in [0.05, 0.1) is 6.04 Å². The molecule has 0 radical (unpaired) electrons. The highest BCUT2D eigenvalue weighted by atomic mass is 19.1. The molecule has 3 rings (SSSR count). The van der Waals surface area contributed by atoms with Crippen LogP contribution in [0.1, 0.15) is 28.9 Å². The van der Waals surface area contributed by atoms with Gasteiger partial charge in [-0.1, -0.05) is 60.7 Å². The van der Waals surface area contributed by atoms with Crippen LogP contribution < -0.4 is 5.32 Å². The van der Waals surface area contributed by atoms with Crippen LogP contribution in [0.15, 0.2) is 72.8 Å². The van der Waals surface area contributed by atoms with Crippen LogP contribution in [-0.4, -0.2) is 5.91 Å². The first-order chi connectivity index (χ1) is 12.1. The largest absolute Gasteiger partial charge is 0.345 e. The van der Waals surface area contributed by atoms with Crippen LogP contribution in [0.5, 0.6) is 0 Å². The van der Waals surface area contributed by atoms with Crippen molar-refractivity contribution in [2.75, 3.05) is 0 Å². The van der Waals surface area contributed by atoms with Crippen LogP contribution in [0.4, 0.5) is 8.78 Å². The first kappa shape index (κ1) is 16.8. The third-order valence-electron chi connectivity index (χ3n) is 4.06. The predicted molar refractivity (Wildman–Crippen MR) is 94.1 cm³/mol. The van der Waals surface area contributed by atoms with Crippen molar-refractivity contribution in [3.05, 3.63) is 95.6 Å². The smallest absolute Gasteiger partial charge is 0.257 e. The molecule has 0 aliphatic rings. The summed E-state index contributed by atoms with van der Waals surface area (Å²) < 4.78 is 27.4. The summed E-state index contributed by atoms with van der Waals surface area (Å²) in [6, 6.07) is 20.6. The standard InChI is InChI=1S/C21H17F2NO/c1-14(24-21(25)20-18(22)8-5-9-19(20)23)15-10-12-17(13-11-15)16-6-3-2-4-7-16/h2-14H,1H3,(H,24,25).